The highest BCUT2D eigenvalue weighted by Gasteiger charge is 2.19. The molecule has 1 fully saturated rings. The summed E-state index contributed by atoms with van der Waals surface area (Å²) in [5.74, 6) is 1.66. The number of piperidine rings is 1. The number of aryl methyl sites for hydroxylation is 1. The quantitative estimate of drug-likeness (QED) is 0.487. The summed E-state index contributed by atoms with van der Waals surface area (Å²) in [6.45, 7) is 4.03. The summed E-state index contributed by atoms with van der Waals surface area (Å²) in [4.78, 5) is 20.6. The maximum atomic E-state index is 13.2. The van der Waals surface area contributed by atoms with Crippen LogP contribution in [0.4, 0.5) is 17.3 Å². The van der Waals surface area contributed by atoms with Gasteiger partial charge in [0.05, 0.1) is 5.39 Å². The first kappa shape index (κ1) is 19.4. The molecule has 3 heterocycles. The Balaban J connectivity index is 1.77. The lowest BCUT2D eigenvalue weighted by Crippen LogP contribution is -2.30. The molecule has 1 aliphatic heterocycles. The van der Waals surface area contributed by atoms with Gasteiger partial charge < -0.3 is 10.2 Å². The van der Waals surface area contributed by atoms with E-state index in [2.05, 4.69) is 20.9 Å². The molecule has 1 N–H and O–H groups in total. The fourth-order valence-corrected chi connectivity index (χ4v) is 4.36. The topological polar surface area (TPSA) is 50.2 Å². The molecule has 5 rings (SSSR count). The maximum absolute atomic E-state index is 13.2. The van der Waals surface area contributed by atoms with E-state index in [0.717, 1.165) is 35.8 Å². The third-order valence-corrected chi connectivity index (χ3v) is 5.89. The van der Waals surface area contributed by atoms with E-state index < -0.39 is 0 Å². The van der Waals surface area contributed by atoms with Gasteiger partial charge in [-0.2, -0.15) is 0 Å². The van der Waals surface area contributed by atoms with Crippen molar-refractivity contribution < 1.29 is 0 Å². The first-order valence-corrected chi connectivity index (χ1v) is 10.9. The van der Waals surface area contributed by atoms with Gasteiger partial charge in [0.1, 0.15) is 11.6 Å². The SMILES string of the molecule is Cc1cc(N2CCCCC2)nc2c1c(=O)cc(Nc1ccccc1)n2-c1ccccc1. The average Bonchev–Trinajstić information content (AvgIpc) is 2.80. The van der Waals surface area contributed by atoms with Gasteiger partial charge in [0.25, 0.3) is 0 Å². The summed E-state index contributed by atoms with van der Waals surface area (Å²) in [7, 11) is 0. The molecule has 31 heavy (non-hydrogen) atoms. The predicted octanol–water partition coefficient (Wildman–Crippen LogP) is 5.43. The highest BCUT2D eigenvalue weighted by atomic mass is 16.1. The average molecular weight is 411 g/mol. The van der Waals surface area contributed by atoms with Gasteiger partial charge in [-0.15, -0.1) is 0 Å². The summed E-state index contributed by atoms with van der Waals surface area (Å²) in [5, 5.41) is 4.10. The van der Waals surface area contributed by atoms with Crippen LogP contribution in [0.25, 0.3) is 16.7 Å². The van der Waals surface area contributed by atoms with Crippen molar-refractivity contribution >= 4 is 28.4 Å². The number of rotatable bonds is 4. The Bertz CT molecular complexity index is 1260. The molecule has 1 aliphatic rings. The second-order valence-corrected chi connectivity index (χ2v) is 8.10. The van der Waals surface area contributed by atoms with Crippen molar-refractivity contribution in [1.82, 2.24) is 9.55 Å². The second kappa shape index (κ2) is 8.26. The normalized spacial score (nSPS) is 14.0. The highest BCUT2D eigenvalue weighted by Crippen LogP contribution is 2.28. The van der Waals surface area contributed by atoms with Gasteiger partial charge in [0, 0.05) is 30.5 Å². The molecule has 5 nitrogen and oxygen atoms in total. The Morgan fingerprint density at radius 1 is 0.871 bits per heavy atom. The Labute approximate surface area is 182 Å². The van der Waals surface area contributed by atoms with Crippen molar-refractivity contribution in [3.63, 3.8) is 0 Å². The molecule has 2 aromatic heterocycles. The van der Waals surface area contributed by atoms with Crippen LogP contribution < -0.4 is 15.6 Å². The standard InChI is InChI=1S/C26H26N4O/c1-19-17-23(29-15-9-4-10-16-29)28-26-25(19)22(31)18-24(27-20-11-5-2-6-12-20)30(26)21-13-7-3-8-14-21/h2-3,5-8,11-14,17-18,27H,4,9-10,15-16H2,1H3. The van der Waals surface area contributed by atoms with Crippen molar-refractivity contribution in [2.24, 2.45) is 0 Å². The number of aromatic nitrogens is 2. The van der Waals surface area contributed by atoms with Gasteiger partial charge in [-0.3, -0.25) is 9.36 Å². The lowest BCUT2D eigenvalue weighted by molar-refractivity contribution is 0.574. The second-order valence-electron chi connectivity index (χ2n) is 8.10. The first-order valence-electron chi connectivity index (χ1n) is 10.9. The number of pyridine rings is 2. The van der Waals surface area contributed by atoms with Crippen molar-refractivity contribution in [2.45, 2.75) is 26.2 Å². The number of fused-ring (bicyclic) bond motifs is 1. The minimum atomic E-state index is -0.0178. The molecule has 1 saturated heterocycles. The molecular weight excluding hydrogens is 384 g/mol. The molecule has 2 aromatic carbocycles. The molecule has 5 heteroatoms. The van der Waals surface area contributed by atoms with Crippen molar-refractivity contribution in [3.05, 3.63) is 88.6 Å². The Morgan fingerprint density at radius 2 is 1.55 bits per heavy atom. The number of anilines is 3. The first-order chi connectivity index (χ1) is 15.2. The highest BCUT2D eigenvalue weighted by molar-refractivity contribution is 5.85. The van der Waals surface area contributed by atoms with Gasteiger partial charge in [0.2, 0.25) is 0 Å². The molecule has 0 saturated carbocycles. The van der Waals surface area contributed by atoms with E-state index in [4.69, 9.17) is 4.98 Å². The molecular formula is C26H26N4O. The van der Waals surface area contributed by atoms with Crippen LogP contribution in [0.3, 0.4) is 0 Å². The number of nitrogens with zero attached hydrogens (tertiary/aromatic N) is 3. The molecule has 0 spiro atoms. The van der Waals surface area contributed by atoms with E-state index >= 15 is 0 Å². The Morgan fingerprint density at radius 3 is 2.26 bits per heavy atom. The lowest BCUT2D eigenvalue weighted by atomic mass is 10.1. The van der Waals surface area contributed by atoms with E-state index in [0.29, 0.717) is 16.9 Å². The molecule has 0 amide bonds. The van der Waals surface area contributed by atoms with Crippen molar-refractivity contribution in [2.75, 3.05) is 23.3 Å². The summed E-state index contributed by atoms with van der Waals surface area (Å²) in [6.07, 6.45) is 3.63. The minimum Gasteiger partial charge on any atom is -0.357 e. The molecule has 0 aliphatic carbocycles. The van der Waals surface area contributed by atoms with Gasteiger partial charge in [-0.05, 0) is 62.1 Å². The molecule has 0 atom stereocenters. The largest absolute Gasteiger partial charge is 0.357 e. The van der Waals surface area contributed by atoms with Crippen LogP contribution in [-0.4, -0.2) is 22.6 Å². The lowest BCUT2D eigenvalue weighted by Gasteiger charge is -2.28. The van der Waals surface area contributed by atoms with Gasteiger partial charge in [0.15, 0.2) is 11.1 Å². The van der Waals surface area contributed by atoms with E-state index in [1.165, 1.54) is 19.3 Å². The van der Waals surface area contributed by atoms with E-state index in [-0.39, 0.29) is 5.43 Å². The summed E-state index contributed by atoms with van der Waals surface area (Å²) in [5.41, 5.74) is 3.53. The number of nitrogens with one attached hydrogen (secondary N) is 1. The summed E-state index contributed by atoms with van der Waals surface area (Å²) >= 11 is 0. The van der Waals surface area contributed by atoms with Gasteiger partial charge in [-0.25, -0.2) is 4.98 Å². The van der Waals surface area contributed by atoms with Crippen molar-refractivity contribution in [3.8, 4) is 5.69 Å². The Kier molecular flexibility index (Phi) is 5.16. The smallest absolute Gasteiger partial charge is 0.193 e. The number of hydrogen-bond donors (Lipinski definition) is 1. The third-order valence-electron chi connectivity index (χ3n) is 5.89. The fourth-order valence-electron chi connectivity index (χ4n) is 4.36. The van der Waals surface area contributed by atoms with E-state index in [1.54, 1.807) is 6.07 Å². The van der Waals surface area contributed by atoms with Crippen LogP contribution in [0.15, 0.2) is 77.6 Å². The van der Waals surface area contributed by atoms with Gasteiger partial charge in [-0.1, -0.05) is 36.4 Å². The van der Waals surface area contributed by atoms with E-state index in [9.17, 15) is 4.79 Å². The molecule has 0 unspecified atom stereocenters. The van der Waals surface area contributed by atoms with Crippen LogP contribution in [0.1, 0.15) is 24.8 Å². The van der Waals surface area contributed by atoms with E-state index in [1.807, 2.05) is 67.6 Å². The van der Waals surface area contributed by atoms with Crippen LogP contribution in [-0.2, 0) is 0 Å². The number of hydrogen-bond acceptors (Lipinski definition) is 4. The zero-order chi connectivity index (χ0) is 21.2. The summed E-state index contributed by atoms with van der Waals surface area (Å²) < 4.78 is 2.06. The van der Waals surface area contributed by atoms with Crippen LogP contribution in [0.2, 0.25) is 0 Å². The predicted molar refractivity (Wildman–Crippen MR) is 128 cm³/mol. The molecule has 4 aromatic rings. The molecule has 0 bridgehead atoms. The number of para-hydroxylation sites is 2. The summed E-state index contributed by atoms with van der Waals surface area (Å²) in [6, 6.07) is 23.8. The third kappa shape index (κ3) is 3.79. The fraction of sp³-hybridized carbons (Fsp3) is 0.231. The zero-order valence-corrected chi connectivity index (χ0v) is 17.7. The minimum absolute atomic E-state index is 0.0178. The van der Waals surface area contributed by atoms with Crippen LogP contribution in [0.5, 0.6) is 0 Å². The molecule has 0 radical (unpaired) electrons. The Hall–Kier alpha value is -3.60. The molecule has 156 valence electrons. The van der Waals surface area contributed by atoms with Crippen LogP contribution >= 0.6 is 0 Å². The van der Waals surface area contributed by atoms with Gasteiger partial charge >= 0.3 is 0 Å². The maximum Gasteiger partial charge on any atom is 0.193 e. The monoisotopic (exact) mass is 410 g/mol. The van der Waals surface area contributed by atoms with Crippen LogP contribution in [0, 0.1) is 6.92 Å². The number of benzene rings is 2. The van der Waals surface area contributed by atoms with Crippen molar-refractivity contribution in [1.29, 1.82) is 0 Å². The zero-order valence-electron chi connectivity index (χ0n) is 17.7.